The number of likely N-dealkylation sites (tertiary alicyclic amines) is 1. The van der Waals surface area contributed by atoms with Crippen molar-refractivity contribution >= 4 is 11.9 Å². The third kappa shape index (κ3) is 3.22. The van der Waals surface area contributed by atoms with Gasteiger partial charge < -0.3 is 15.0 Å². The lowest BCUT2D eigenvalue weighted by atomic mass is 9.97. The van der Waals surface area contributed by atoms with E-state index >= 15 is 0 Å². The predicted molar refractivity (Wildman–Crippen MR) is 69.1 cm³/mol. The van der Waals surface area contributed by atoms with Crippen molar-refractivity contribution in [2.24, 2.45) is 5.92 Å². The van der Waals surface area contributed by atoms with E-state index in [1.54, 1.807) is 4.90 Å². The average molecular weight is 256 g/mol. The van der Waals surface area contributed by atoms with Gasteiger partial charge in [-0.2, -0.15) is 0 Å². The SMILES string of the molecule is CCNC1CCCN(C(C(=O)OC)C(C)C)C1=O. The molecule has 0 aromatic heterocycles. The number of nitrogens with one attached hydrogen (secondary N) is 1. The van der Waals surface area contributed by atoms with Crippen LogP contribution < -0.4 is 5.32 Å². The number of rotatable bonds is 5. The Balaban J connectivity index is 2.84. The molecule has 2 unspecified atom stereocenters. The van der Waals surface area contributed by atoms with Gasteiger partial charge >= 0.3 is 5.97 Å². The van der Waals surface area contributed by atoms with Crippen LogP contribution in [0.5, 0.6) is 0 Å². The Bertz CT molecular complexity index is 303. The Morgan fingerprint density at radius 1 is 1.56 bits per heavy atom. The highest BCUT2D eigenvalue weighted by Gasteiger charge is 2.38. The van der Waals surface area contributed by atoms with Gasteiger partial charge in [0.25, 0.3) is 0 Å². The summed E-state index contributed by atoms with van der Waals surface area (Å²) in [6, 6.07) is -0.626. The van der Waals surface area contributed by atoms with Gasteiger partial charge in [-0.3, -0.25) is 4.79 Å². The van der Waals surface area contributed by atoms with E-state index in [-0.39, 0.29) is 23.8 Å². The van der Waals surface area contributed by atoms with E-state index in [0.717, 1.165) is 19.4 Å². The Morgan fingerprint density at radius 3 is 2.72 bits per heavy atom. The van der Waals surface area contributed by atoms with Crippen LogP contribution in [-0.4, -0.2) is 49.1 Å². The summed E-state index contributed by atoms with van der Waals surface area (Å²) >= 11 is 0. The number of ether oxygens (including phenoxy) is 1. The molecule has 1 fully saturated rings. The van der Waals surface area contributed by atoms with Crippen molar-refractivity contribution in [2.45, 2.75) is 45.7 Å². The van der Waals surface area contributed by atoms with Crippen LogP contribution in [0.4, 0.5) is 0 Å². The number of hydrogen-bond acceptors (Lipinski definition) is 4. The summed E-state index contributed by atoms with van der Waals surface area (Å²) in [7, 11) is 1.37. The lowest BCUT2D eigenvalue weighted by Gasteiger charge is -2.38. The molecule has 5 nitrogen and oxygen atoms in total. The molecular formula is C13H24N2O3. The minimum absolute atomic E-state index is 0.0206. The molecule has 5 heteroatoms. The van der Waals surface area contributed by atoms with Crippen LogP contribution in [-0.2, 0) is 14.3 Å². The van der Waals surface area contributed by atoms with Gasteiger partial charge in [0.1, 0.15) is 6.04 Å². The molecule has 1 amide bonds. The monoisotopic (exact) mass is 256 g/mol. The number of carbonyl (C=O) groups is 2. The molecule has 0 radical (unpaired) electrons. The second-order valence-electron chi connectivity index (χ2n) is 5.00. The van der Waals surface area contributed by atoms with Crippen LogP contribution in [0.1, 0.15) is 33.6 Å². The quantitative estimate of drug-likeness (QED) is 0.739. The second kappa shape index (κ2) is 6.73. The van der Waals surface area contributed by atoms with Crippen molar-refractivity contribution in [3.05, 3.63) is 0 Å². The van der Waals surface area contributed by atoms with Gasteiger partial charge in [-0.05, 0) is 25.3 Å². The van der Waals surface area contributed by atoms with Crippen molar-refractivity contribution in [1.29, 1.82) is 0 Å². The standard InChI is InChI=1S/C13H24N2O3/c1-5-14-10-7-6-8-15(12(10)16)11(9(2)3)13(17)18-4/h9-11,14H,5-8H2,1-4H3. The van der Waals surface area contributed by atoms with E-state index in [2.05, 4.69) is 5.32 Å². The van der Waals surface area contributed by atoms with Gasteiger partial charge in [0, 0.05) is 6.54 Å². The first-order chi connectivity index (χ1) is 8.52. The minimum atomic E-state index is -0.469. The van der Waals surface area contributed by atoms with Crippen LogP contribution in [0, 0.1) is 5.92 Å². The smallest absolute Gasteiger partial charge is 0.328 e. The number of amides is 1. The van der Waals surface area contributed by atoms with Gasteiger partial charge in [0.2, 0.25) is 5.91 Å². The summed E-state index contributed by atoms with van der Waals surface area (Å²) in [5, 5.41) is 3.17. The normalized spacial score (nSPS) is 22.2. The molecule has 0 bridgehead atoms. The fourth-order valence-corrected chi connectivity index (χ4v) is 2.49. The number of hydrogen-bond donors (Lipinski definition) is 1. The molecule has 18 heavy (non-hydrogen) atoms. The predicted octanol–water partition coefficient (Wildman–Crippen LogP) is 0.784. The largest absolute Gasteiger partial charge is 0.467 e. The maximum absolute atomic E-state index is 12.3. The first-order valence-corrected chi connectivity index (χ1v) is 6.64. The number of methoxy groups -OCH3 is 1. The number of nitrogens with zero attached hydrogens (tertiary/aromatic N) is 1. The zero-order valence-corrected chi connectivity index (χ0v) is 11.7. The van der Waals surface area contributed by atoms with Crippen LogP contribution in [0.2, 0.25) is 0 Å². The minimum Gasteiger partial charge on any atom is -0.467 e. The number of carbonyl (C=O) groups excluding carboxylic acids is 2. The molecule has 0 aromatic rings. The molecular weight excluding hydrogens is 232 g/mol. The number of piperidine rings is 1. The molecule has 2 atom stereocenters. The van der Waals surface area contributed by atoms with Crippen molar-refractivity contribution in [2.75, 3.05) is 20.2 Å². The highest BCUT2D eigenvalue weighted by Crippen LogP contribution is 2.20. The molecule has 0 spiro atoms. The fraction of sp³-hybridized carbons (Fsp3) is 0.846. The summed E-state index contributed by atoms with van der Waals surface area (Å²) in [5.41, 5.74) is 0. The van der Waals surface area contributed by atoms with E-state index < -0.39 is 6.04 Å². The summed E-state index contributed by atoms with van der Waals surface area (Å²) in [6.07, 6.45) is 1.76. The Labute approximate surface area is 109 Å². The number of likely N-dealkylation sites (N-methyl/N-ethyl adjacent to an activating group) is 1. The average Bonchev–Trinajstić information content (AvgIpc) is 2.33. The van der Waals surface area contributed by atoms with Crippen molar-refractivity contribution in [3.8, 4) is 0 Å². The molecule has 1 heterocycles. The van der Waals surface area contributed by atoms with Gasteiger partial charge in [-0.15, -0.1) is 0 Å². The lowest BCUT2D eigenvalue weighted by molar-refractivity contribution is -0.157. The third-order valence-electron chi connectivity index (χ3n) is 3.33. The first-order valence-electron chi connectivity index (χ1n) is 6.64. The summed E-state index contributed by atoms with van der Waals surface area (Å²) in [4.78, 5) is 25.8. The maximum Gasteiger partial charge on any atom is 0.328 e. The molecule has 1 aliphatic heterocycles. The molecule has 1 saturated heterocycles. The highest BCUT2D eigenvalue weighted by atomic mass is 16.5. The lowest BCUT2D eigenvalue weighted by Crippen LogP contribution is -2.57. The zero-order chi connectivity index (χ0) is 13.7. The van der Waals surface area contributed by atoms with Gasteiger partial charge in [-0.25, -0.2) is 4.79 Å². The second-order valence-corrected chi connectivity index (χ2v) is 5.00. The summed E-state index contributed by atoms with van der Waals surface area (Å²) in [5.74, 6) is -0.246. The molecule has 1 rings (SSSR count). The number of esters is 1. The zero-order valence-electron chi connectivity index (χ0n) is 11.7. The fourth-order valence-electron chi connectivity index (χ4n) is 2.49. The molecule has 104 valence electrons. The Kier molecular flexibility index (Phi) is 5.59. The molecule has 1 N–H and O–H groups in total. The van der Waals surface area contributed by atoms with E-state index in [1.165, 1.54) is 7.11 Å². The van der Waals surface area contributed by atoms with Gasteiger partial charge in [-0.1, -0.05) is 20.8 Å². The van der Waals surface area contributed by atoms with E-state index in [9.17, 15) is 9.59 Å². The molecule has 0 aliphatic carbocycles. The van der Waals surface area contributed by atoms with Crippen LogP contribution >= 0.6 is 0 Å². The van der Waals surface area contributed by atoms with Crippen LogP contribution in [0.3, 0.4) is 0 Å². The van der Waals surface area contributed by atoms with Crippen molar-refractivity contribution in [3.63, 3.8) is 0 Å². The van der Waals surface area contributed by atoms with Crippen molar-refractivity contribution in [1.82, 2.24) is 10.2 Å². The van der Waals surface area contributed by atoms with Gasteiger partial charge in [0.05, 0.1) is 13.2 Å². The van der Waals surface area contributed by atoms with E-state index in [0.29, 0.717) is 6.54 Å². The summed E-state index contributed by atoms with van der Waals surface area (Å²) in [6.45, 7) is 7.25. The molecule has 0 aromatic carbocycles. The van der Waals surface area contributed by atoms with Gasteiger partial charge in [0.15, 0.2) is 0 Å². The van der Waals surface area contributed by atoms with Crippen LogP contribution in [0.25, 0.3) is 0 Å². The topological polar surface area (TPSA) is 58.6 Å². The molecule has 1 aliphatic rings. The highest BCUT2D eigenvalue weighted by molar-refractivity contribution is 5.88. The Morgan fingerprint density at radius 2 is 2.22 bits per heavy atom. The first kappa shape index (κ1) is 15.0. The van der Waals surface area contributed by atoms with E-state index in [4.69, 9.17) is 4.74 Å². The van der Waals surface area contributed by atoms with Crippen molar-refractivity contribution < 1.29 is 14.3 Å². The maximum atomic E-state index is 12.3. The summed E-state index contributed by atoms with van der Waals surface area (Å²) < 4.78 is 4.82. The van der Waals surface area contributed by atoms with E-state index in [1.807, 2.05) is 20.8 Å². The molecule has 0 saturated carbocycles. The van der Waals surface area contributed by atoms with Crippen LogP contribution in [0.15, 0.2) is 0 Å². The Hall–Kier alpha value is -1.10. The third-order valence-corrected chi connectivity index (χ3v) is 3.33.